The van der Waals surface area contributed by atoms with Gasteiger partial charge < -0.3 is 14.0 Å². The highest BCUT2D eigenvalue weighted by atomic mass is 35.5. The van der Waals surface area contributed by atoms with Crippen molar-refractivity contribution in [2.24, 2.45) is 4.99 Å². The van der Waals surface area contributed by atoms with E-state index >= 15 is 0 Å². The summed E-state index contributed by atoms with van der Waals surface area (Å²) in [6.45, 7) is 1.07. The summed E-state index contributed by atoms with van der Waals surface area (Å²) in [6.07, 6.45) is 3.09. The Hall–Kier alpha value is -2.41. The van der Waals surface area contributed by atoms with Gasteiger partial charge in [-0.05, 0) is 29.8 Å². The molecular formula is C20H19ClN2O3S. The van der Waals surface area contributed by atoms with Crippen LogP contribution in [0.25, 0.3) is 16.3 Å². The monoisotopic (exact) mass is 402 g/mol. The third-order valence-electron chi connectivity index (χ3n) is 3.92. The number of hydrogen-bond donors (Lipinski definition) is 0. The number of halogens is 1. The van der Waals surface area contributed by atoms with Crippen molar-refractivity contribution in [3.63, 3.8) is 0 Å². The van der Waals surface area contributed by atoms with Gasteiger partial charge in [0, 0.05) is 24.8 Å². The number of para-hydroxylation sites is 1. The SMILES string of the molecule is COCCn1c(=NC(=O)C=Cc2ccccc2Cl)sc2cccc(OC)c21. The maximum atomic E-state index is 12.4. The summed E-state index contributed by atoms with van der Waals surface area (Å²) >= 11 is 7.55. The molecule has 27 heavy (non-hydrogen) atoms. The van der Waals surface area contributed by atoms with Crippen molar-refractivity contribution < 1.29 is 14.3 Å². The van der Waals surface area contributed by atoms with Crippen molar-refractivity contribution in [3.05, 3.63) is 63.9 Å². The molecule has 0 saturated carbocycles. The zero-order chi connectivity index (χ0) is 19.2. The molecule has 0 atom stereocenters. The van der Waals surface area contributed by atoms with Gasteiger partial charge in [0.05, 0.1) is 18.4 Å². The van der Waals surface area contributed by atoms with Crippen molar-refractivity contribution in [1.29, 1.82) is 0 Å². The van der Waals surface area contributed by atoms with E-state index in [9.17, 15) is 4.79 Å². The van der Waals surface area contributed by atoms with Gasteiger partial charge in [0.1, 0.15) is 11.3 Å². The van der Waals surface area contributed by atoms with Crippen molar-refractivity contribution in [1.82, 2.24) is 4.57 Å². The molecule has 3 rings (SSSR count). The Balaban J connectivity index is 2.01. The van der Waals surface area contributed by atoms with E-state index in [4.69, 9.17) is 21.1 Å². The lowest BCUT2D eigenvalue weighted by molar-refractivity contribution is -0.113. The lowest BCUT2D eigenvalue weighted by atomic mass is 10.2. The van der Waals surface area contributed by atoms with Crippen LogP contribution in [-0.2, 0) is 16.1 Å². The fourth-order valence-corrected chi connectivity index (χ4v) is 3.92. The Morgan fingerprint density at radius 3 is 2.78 bits per heavy atom. The minimum absolute atomic E-state index is 0.355. The van der Waals surface area contributed by atoms with E-state index < -0.39 is 0 Å². The van der Waals surface area contributed by atoms with Crippen LogP contribution in [0.4, 0.5) is 0 Å². The van der Waals surface area contributed by atoms with Crippen molar-refractivity contribution in [2.45, 2.75) is 6.54 Å². The fourth-order valence-electron chi connectivity index (χ4n) is 2.64. The molecule has 2 aromatic carbocycles. The highest BCUT2D eigenvalue weighted by Gasteiger charge is 2.11. The maximum Gasteiger partial charge on any atom is 0.272 e. The molecule has 7 heteroatoms. The van der Waals surface area contributed by atoms with Crippen LogP contribution in [0.5, 0.6) is 5.75 Å². The number of ether oxygens (including phenoxy) is 2. The summed E-state index contributed by atoms with van der Waals surface area (Å²) in [5.41, 5.74) is 1.68. The van der Waals surface area contributed by atoms with Crippen LogP contribution < -0.4 is 9.54 Å². The van der Waals surface area contributed by atoms with Crippen LogP contribution in [0.2, 0.25) is 5.02 Å². The van der Waals surface area contributed by atoms with E-state index in [2.05, 4.69) is 4.99 Å². The third-order valence-corrected chi connectivity index (χ3v) is 5.31. The molecule has 0 bridgehead atoms. The molecule has 1 heterocycles. The number of amides is 1. The van der Waals surface area contributed by atoms with E-state index in [1.165, 1.54) is 17.4 Å². The Labute approximate surface area is 166 Å². The van der Waals surface area contributed by atoms with E-state index in [0.29, 0.717) is 23.0 Å². The second-order valence-corrected chi connectivity index (χ2v) is 7.06. The maximum absolute atomic E-state index is 12.4. The number of carbonyl (C=O) groups excluding carboxylic acids is 1. The molecule has 0 unspecified atom stereocenters. The smallest absolute Gasteiger partial charge is 0.272 e. The Morgan fingerprint density at radius 1 is 1.22 bits per heavy atom. The lowest BCUT2D eigenvalue weighted by Gasteiger charge is -2.07. The zero-order valence-corrected chi connectivity index (χ0v) is 16.6. The average Bonchev–Trinajstić information content (AvgIpc) is 3.02. The van der Waals surface area contributed by atoms with Crippen LogP contribution in [0, 0.1) is 0 Å². The normalized spacial score (nSPS) is 12.2. The molecule has 0 N–H and O–H groups in total. The Bertz CT molecular complexity index is 1050. The fraction of sp³-hybridized carbons (Fsp3) is 0.200. The molecule has 1 amide bonds. The summed E-state index contributed by atoms with van der Waals surface area (Å²) in [7, 11) is 3.27. The van der Waals surface area contributed by atoms with E-state index in [0.717, 1.165) is 21.5 Å². The molecule has 0 aliphatic rings. The summed E-state index contributed by atoms with van der Waals surface area (Å²) in [5.74, 6) is 0.381. The van der Waals surface area contributed by atoms with Gasteiger partial charge in [0.25, 0.3) is 5.91 Å². The van der Waals surface area contributed by atoms with Crippen molar-refractivity contribution in [2.75, 3.05) is 20.8 Å². The average molecular weight is 403 g/mol. The number of benzene rings is 2. The summed E-state index contributed by atoms with van der Waals surface area (Å²) < 4.78 is 13.6. The molecule has 3 aromatic rings. The number of thiazole rings is 1. The van der Waals surface area contributed by atoms with Gasteiger partial charge in [-0.3, -0.25) is 4.79 Å². The number of aromatic nitrogens is 1. The third kappa shape index (κ3) is 4.47. The van der Waals surface area contributed by atoms with Crippen LogP contribution in [0.3, 0.4) is 0 Å². The molecule has 0 fully saturated rings. The van der Waals surface area contributed by atoms with Gasteiger partial charge in [0.2, 0.25) is 0 Å². The molecule has 0 spiro atoms. The standard InChI is InChI=1S/C20H19ClN2O3S/c1-25-13-12-23-19-16(26-2)8-5-9-17(19)27-20(23)22-18(24)11-10-14-6-3-4-7-15(14)21/h3-11H,12-13H2,1-2H3. The van der Waals surface area contributed by atoms with E-state index in [1.807, 2.05) is 41.0 Å². The number of rotatable bonds is 6. The minimum Gasteiger partial charge on any atom is -0.495 e. The molecule has 140 valence electrons. The van der Waals surface area contributed by atoms with Gasteiger partial charge in [-0.15, -0.1) is 0 Å². The van der Waals surface area contributed by atoms with Gasteiger partial charge in [-0.2, -0.15) is 4.99 Å². The number of fused-ring (bicyclic) bond motifs is 1. The second-order valence-electron chi connectivity index (χ2n) is 5.64. The summed E-state index contributed by atoms with van der Waals surface area (Å²) in [5, 5.41) is 0.586. The topological polar surface area (TPSA) is 52.8 Å². The first kappa shape index (κ1) is 19.4. The number of nitrogens with zero attached hydrogens (tertiary/aromatic N) is 2. The predicted octanol–water partition coefficient (Wildman–Crippen LogP) is 4.15. The van der Waals surface area contributed by atoms with Gasteiger partial charge in [-0.1, -0.05) is 47.2 Å². The van der Waals surface area contributed by atoms with Crippen LogP contribution in [0.1, 0.15) is 5.56 Å². The first-order chi connectivity index (χ1) is 13.1. The van der Waals surface area contributed by atoms with E-state index in [1.54, 1.807) is 26.4 Å². The highest BCUT2D eigenvalue weighted by Crippen LogP contribution is 2.27. The largest absolute Gasteiger partial charge is 0.495 e. The molecule has 1 aromatic heterocycles. The van der Waals surface area contributed by atoms with Crippen LogP contribution in [0.15, 0.2) is 53.5 Å². The number of carbonyl (C=O) groups is 1. The highest BCUT2D eigenvalue weighted by molar-refractivity contribution is 7.16. The first-order valence-electron chi connectivity index (χ1n) is 8.30. The van der Waals surface area contributed by atoms with Crippen molar-refractivity contribution in [3.8, 4) is 5.75 Å². The number of hydrogen-bond acceptors (Lipinski definition) is 4. The van der Waals surface area contributed by atoms with Gasteiger partial charge in [0.15, 0.2) is 4.80 Å². The second kappa shape index (κ2) is 8.99. The van der Waals surface area contributed by atoms with Crippen LogP contribution >= 0.6 is 22.9 Å². The Morgan fingerprint density at radius 2 is 2.04 bits per heavy atom. The molecule has 5 nitrogen and oxygen atoms in total. The zero-order valence-electron chi connectivity index (χ0n) is 15.0. The molecule has 0 aliphatic heterocycles. The van der Waals surface area contributed by atoms with Crippen molar-refractivity contribution >= 4 is 45.1 Å². The van der Waals surface area contributed by atoms with Gasteiger partial charge in [-0.25, -0.2) is 0 Å². The number of methoxy groups -OCH3 is 2. The molecular weight excluding hydrogens is 384 g/mol. The van der Waals surface area contributed by atoms with Crippen LogP contribution in [-0.4, -0.2) is 31.3 Å². The lowest BCUT2D eigenvalue weighted by Crippen LogP contribution is -2.19. The summed E-state index contributed by atoms with van der Waals surface area (Å²) in [6, 6.07) is 13.1. The first-order valence-corrected chi connectivity index (χ1v) is 9.50. The molecule has 0 aliphatic carbocycles. The Kier molecular flexibility index (Phi) is 6.45. The quantitative estimate of drug-likeness (QED) is 0.582. The van der Waals surface area contributed by atoms with Gasteiger partial charge >= 0.3 is 0 Å². The molecule has 0 radical (unpaired) electrons. The van der Waals surface area contributed by atoms with E-state index in [-0.39, 0.29) is 5.91 Å². The molecule has 0 saturated heterocycles. The minimum atomic E-state index is -0.355. The summed E-state index contributed by atoms with van der Waals surface area (Å²) in [4.78, 5) is 17.3. The predicted molar refractivity (Wildman–Crippen MR) is 109 cm³/mol.